The van der Waals surface area contributed by atoms with Crippen LogP contribution in [0.2, 0.25) is 0 Å². The lowest BCUT2D eigenvalue weighted by atomic mass is 10.4. The second-order valence-corrected chi connectivity index (χ2v) is 6.02. The molecular weight excluding hydrogens is 218 g/mol. The Hall–Kier alpha value is 0.590. The number of rotatable bonds is 6. The third-order valence-corrected chi connectivity index (χ3v) is 4.54. The van der Waals surface area contributed by atoms with Gasteiger partial charge in [0.05, 0.1) is 0 Å². The van der Waals surface area contributed by atoms with Crippen LogP contribution in [0, 0.1) is 0 Å². The fraction of sp³-hybridized carbons (Fsp3) is 0.889. The first-order valence-electron chi connectivity index (χ1n) is 4.84. The van der Waals surface area contributed by atoms with Gasteiger partial charge in [-0.1, -0.05) is 37.3 Å². The van der Waals surface area contributed by atoms with Gasteiger partial charge in [0, 0.05) is 24.6 Å². The molecule has 1 aliphatic rings. The minimum Gasteiger partial charge on any atom is -0.356 e. The maximum atomic E-state index is 5.22. The number of thioether (sulfide) groups is 2. The fourth-order valence-corrected chi connectivity index (χ4v) is 3.48. The van der Waals surface area contributed by atoms with Crippen LogP contribution >= 0.6 is 35.7 Å². The highest BCUT2D eigenvalue weighted by molar-refractivity contribution is 8.23. The molecule has 0 bridgehead atoms. The standard InChI is InChI=1S/C9H17NS3/c1-2-3-6-12-7-4-10-5-8-13-9(10)11/h2-8H2,1H3. The van der Waals surface area contributed by atoms with E-state index >= 15 is 0 Å². The topological polar surface area (TPSA) is 3.24 Å². The van der Waals surface area contributed by atoms with Crippen molar-refractivity contribution in [3.63, 3.8) is 0 Å². The van der Waals surface area contributed by atoms with Crippen LogP contribution in [0.3, 0.4) is 0 Å². The first kappa shape index (κ1) is 11.7. The Balaban J connectivity index is 1.96. The first-order chi connectivity index (χ1) is 6.34. The molecule has 0 aliphatic carbocycles. The van der Waals surface area contributed by atoms with Crippen molar-refractivity contribution in [1.82, 2.24) is 4.90 Å². The van der Waals surface area contributed by atoms with Crippen molar-refractivity contribution in [2.75, 3.05) is 30.3 Å². The smallest absolute Gasteiger partial charge is 0.136 e. The number of hydrogen-bond acceptors (Lipinski definition) is 3. The lowest BCUT2D eigenvalue weighted by Crippen LogP contribution is -2.25. The predicted octanol–water partition coefficient (Wildman–Crippen LogP) is 2.85. The SMILES string of the molecule is CCCCSCCN1CCSC1=S. The third kappa shape index (κ3) is 4.56. The van der Waals surface area contributed by atoms with E-state index in [1.54, 1.807) is 0 Å². The van der Waals surface area contributed by atoms with Gasteiger partial charge >= 0.3 is 0 Å². The van der Waals surface area contributed by atoms with E-state index in [1.165, 1.54) is 30.1 Å². The normalized spacial score (nSPS) is 17.0. The molecule has 1 nitrogen and oxygen atoms in total. The fourth-order valence-electron chi connectivity index (χ4n) is 1.15. The molecule has 76 valence electrons. The molecule has 13 heavy (non-hydrogen) atoms. The highest BCUT2D eigenvalue weighted by Crippen LogP contribution is 2.18. The second-order valence-electron chi connectivity index (χ2n) is 3.07. The zero-order valence-corrected chi connectivity index (χ0v) is 10.6. The van der Waals surface area contributed by atoms with E-state index in [0.717, 1.165) is 17.4 Å². The van der Waals surface area contributed by atoms with E-state index in [-0.39, 0.29) is 0 Å². The zero-order valence-electron chi connectivity index (χ0n) is 8.12. The Labute approximate surface area is 95.0 Å². The van der Waals surface area contributed by atoms with Gasteiger partial charge in [0.2, 0.25) is 0 Å². The van der Waals surface area contributed by atoms with Gasteiger partial charge in [0.25, 0.3) is 0 Å². The Morgan fingerprint density at radius 1 is 1.54 bits per heavy atom. The Bertz CT molecular complexity index is 161. The van der Waals surface area contributed by atoms with E-state index in [1.807, 2.05) is 11.8 Å². The molecule has 1 rings (SSSR count). The highest BCUT2D eigenvalue weighted by atomic mass is 32.2. The molecule has 0 saturated carbocycles. The Morgan fingerprint density at radius 3 is 3.00 bits per heavy atom. The molecule has 1 aliphatic heterocycles. The van der Waals surface area contributed by atoms with Gasteiger partial charge in [0.1, 0.15) is 4.32 Å². The third-order valence-electron chi connectivity index (χ3n) is 1.99. The van der Waals surface area contributed by atoms with Crippen LogP contribution in [0.1, 0.15) is 19.8 Å². The van der Waals surface area contributed by atoms with Crippen LogP contribution in [0.15, 0.2) is 0 Å². The van der Waals surface area contributed by atoms with Gasteiger partial charge in [-0.25, -0.2) is 0 Å². The lowest BCUT2D eigenvalue weighted by Gasteiger charge is -2.15. The molecule has 4 heteroatoms. The summed E-state index contributed by atoms with van der Waals surface area (Å²) in [7, 11) is 0. The molecule has 0 aromatic carbocycles. The molecule has 0 N–H and O–H groups in total. The molecule has 0 aromatic heterocycles. The van der Waals surface area contributed by atoms with Crippen molar-refractivity contribution in [1.29, 1.82) is 0 Å². The molecule has 0 spiro atoms. The van der Waals surface area contributed by atoms with Crippen molar-refractivity contribution < 1.29 is 0 Å². The van der Waals surface area contributed by atoms with E-state index in [4.69, 9.17) is 12.2 Å². The number of unbranched alkanes of at least 4 members (excludes halogenated alkanes) is 1. The number of nitrogens with zero attached hydrogens (tertiary/aromatic N) is 1. The zero-order chi connectivity index (χ0) is 9.52. The summed E-state index contributed by atoms with van der Waals surface area (Å²) in [6.45, 7) is 4.56. The van der Waals surface area contributed by atoms with Gasteiger partial charge in [-0.2, -0.15) is 11.8 Å². The van der Waals surface area contributed by atoms with Gasteiger partial charge in [0.15, 0.2) is 0 Å². The maximum absolute atomic E-state index is 5.22. The second kappa shape index (κ2) is 6.96. The monoisotopic (exact) mass is 235 g/mol. The average Bonchev–Trinajstić information content (AvgIpc) is 2.52. The molecule has 0 atom stereocenters. The van der Waals surface area contributed by atoms with Gasteiger partial charge in [-0.15, -0.1) is 0 Å². The van der Waals surface area contributed by atoms with E-state index < -0.39 is 0 Å². The summed E-state index contributed by atoms with van der Waals surface area (Å²) < 4.78 is 1.11. The first-order valence-corrected chi connectivity index (χ1v) is 7.39. The van der Waals surface area contributed by atoms with Crippen LogP contribution in [0.25, 0.3) is 0 Å². The van der Waals surface area contributed by atoms with Gasteiger partial charge in [-0.3, -0.25) is 0 Å². The number of hydrogen-bond donors (Lipinski definition) is 0. The lowest BCUT2D eigenvalue weighted by molar-refractivity contribution is 0.500. The summed E-state index contributed by atoms with van der Waals surface area (Å²) in [5, 5.41) is 0. The largest absolute Gasteiger partial charge is 0.356 e. The van der Waals surface area contributed by atoms with E-state index in [9.17, 15) is 0 Å². The van der Waals surface area contributed by atoms with E-state index in [2.05, 4.69) is 23.6 Å². The minimum atomic E-state index is 1.11. The molecule has 1 heterocycles. The molecule has 0 unspecified atom stereocenters. The molecule has 0 amide bonds. The predicted molar refractivity (Wildman–Crippen MR) is 68.9 cm³/mol. The molecule has 0 aromatic rings. The minimum absolute atomic E-state index is 1.11. The van der Waals surface area contributed by atoms with Crippen molar-refractivity contribution in [3.05, 3.63) is 0 Å². The number of thiocarbonyl (C=S) groups is 1. The van der Waals surface area contributed by atoms with Crippen LogP contribution in [0.4, 0.5) is 0 Å². The summed E-state index contributed by atoms with van der Waals surface area (Å²) in [5.41, 5.74) is 0. The van der Waals surface area contributed by atoms with Crippen molar-refractivity contribution >= 4 is 40.1 Å². The maximum Gasteiger partial charge on any atom is 0.136 e. The van der Waals surface area contributed by atoms with Crippen LogP contribution in [-0.2, 0) is 0 Å². The molecule has 1 saturated heterocycles. The van der Waals surface area contributed by atoms with Gasteiger partial charge < -0.3 is 4.90 Å². The van der Waals surface area contributed by atoms with Crippen LogP contribution in [-0.4, -0.2) is 39.6 Å². The summed E-state index contributed by atoms with van der Waals surface area (Å²) in [5.74, 6) is 3.74. The highest BCUT2D eigenvalue weighted by Gasteiger charge is 2.15. The van der Waals surface area contributed by atoms with Crippen LogP contribution < -0.4 is 0 Å². The summed E-state index contributed by atoms with van der Waals surface area (Å²) in [4.78, 5) is 2.33. The van der Waals surface area contributed by atoms with Crippen LogP contribution in [0.5, 0.6) is 0 Å². The molecule has 0 radical (unpaired) electrons. The van der Waals surface area contributed by atoms with Crippen molar-refractivity contribution in [3.8, 4) is 0 Å². The Kier molecular flexibility index (Phi) is 6.24. The summed E-state index contributed by atoms with van der Waals surface area (Å²) in [6, 6.07) is 0. The molecular formula is C9H17NS3. The van der Waals surface area contributed by atoms with Crippen molar-refractivity contribution in [2.45, 2.75) is 19.8 Å². The van der Waals surface area contributed by atoms with E-state index in [0.29, 0.717) is 0 Å². The summed E-state index contributed by atoms with van der Waals surface area (Å²) in [6.07, 6.45) is 2.66. The van der Waals surface area contributed by atoms with Crippen molar-refractivity contribution in [2.24, 2.45) is 0 Å². The molecule has 1 fully saturated rings. The quantitative estimate of drug-likeness (QED) is 0.514. The average molecular weight is 235 g/mol. The Morgan fingerprint density at radius 2 is 2.38 bits per heavy atom. The summed E-state index contributed by atoms with van der Waals surface area (Å²) >= 11 is 9.10. The van der Waals surface area contributed by atoms with Gasteiger partial charge in [-0.05, 0) is 12.2 Å².